The lowest BCUT2D eigenvalue weighted by Gasteiger charge is -2.23. The summed E-state index contributed by atoms with van der Waals surface area (Å²) in [5.41, 5.74) is 0.514. The summed E-state index contributed by atoms with van der Waals surface area (Å²) >= 11 is 8.01. The van der Waals surface area contributed by atoms with Crippen LogP contribution in [0.4, 0.5) is 0 Å². The Hall–Kier alpha value is -1.19. The number of aromatic nitrogens is 3. The average molecular weight is 490 g/mol. The Bertz CT molecular complexity index is 772. The highest BCUT2D eigenvalue weighted by Gasteiger charge is 2.27. The van der Waals surface area contributed by atoms with Gasteiger partial charge in [0.15, 0.2) is 5.12 Å². The van der Waals surface area contributed by atoms with Crippen LogP contribution in [-0.2, 0) is 16.9 Å². The standard InChI is InChI=1S/C16H18Br2N4O2S/c1-10(23)25-5-4-22-9-14(20-21-22)16(2,3)19-15(24)11-6-12(17)8-13(18)7-11/h6-9H,4-5H2,1-3H3,(H,19,24). The number of thioether (sulfide) groups is 1. The van der Waals surface area contributed by atoms with Gasteiger partial charge < -0.3 is 5.32 Å². The zero-order valence-corrected chi connectivity index (χ0v) is 18.0. The molecule has 1 N–H and O–H groups in total. The number of benzene rings is 1. The first kappa shape index (κ1) is 20.1. The number of rotatable bonds is 6. The summed E-state index contributed by atoms with van der Waals surface area (Å²) in [6.07, 6.45) is 1.79. The molecule has 1 amide bonds. The van der Waals surface area contributed by atoms with Crippen LogP contribution >= 0.6 is 43.6 Å². The Kier molecular flexibility index (Phi) is 6.81. The number of carbonyl (C=O) groups excluding carboxylic acids is 2. The molecule has 1 heterocycles. The van der Waals surface area contributed by atoms with Gasteiger partial charge in [-0.2, -0.15) is 0 Å². The van der Waals surface area contributed by atoms with E-state index in [0.717, 1.165) is 8.95 Å². The number of nitrogens with one attached hydrogen (secondary N) is 1. The van der Waals surface area contributed by atoms with E-state index in [-0.39, 0.29) is 11.0 Å². The van der Waals surface area contributed by atoms with Crippen LogP contribution in [0, 0.1) is 0 Å². The van der Waals surface area contributed by atoms with E-state index in [1.54, 1.807) is 23.0 Å². The van der Waals surface area contributed by atoms with Gasteiger partial charge in [0.2, 0.25) is 0 Å². The van der Waals surface area contributed by atoms with E-state index in [1.165, 1.54) is 18.7 Å². The molecular weight excluding hydrogens is 472 g/mol. The van der Waals surface area contributed by atoms with Gasteiger partial charge in [-0.25, -0.2) is 0 Å². The van der Waals surface area contributed by atoms with Crippen LogP contribution in [0.5, 0.6) is 0 Å². The van der Waals surface area contributed by atoms with Gasteiger partial charge in [0.05, 0.1) is 18.3 Å². The maximum atomic E-state index is 12.5. The molecule has 0 unspecified atom stereocenters. The first-order valence-electron chi connectivity index (χ1n) is 7.50. The van der Waals surface area contributed by atoms with Gasteiger partial charge in [0.25, 0.3) is 5.91 Å². The summed E-state index contributed by atoms with van der Waals surface area (Å²) in [4.78, 5) is 23.5. The number of aryl methyl sites for hydroxylation is 1. The van der Waals surface area contributed by atoms with Crippen molar-refractivity contribution in [3.8, 4) is 0 Å². The molecule has 0 radical (unpaired) electrons. The van der Waals surface area contributed by atoms with Crippen molar-refractivity contribution >= 4 is 54.6 Å². The zero-order chi connectivity index (χ0) is 18.6. The van der Waals surface area contributed by atoms with E-state index in [0.29, 0.717) is 23.6 Å². The maximum Gasteiger partial charge on any atom is 0.252 e. The molecule has 0 aliphatic rings. The minimum absolute atomic E-state index is 0.0770. The van der Waals surface area contributed by atoms with Gasteiger partial charge in [-0.05, 0) is 32.0 Å². The fourth-order valence-corrected chi connectivity index (χ4v) is 3.94. The molecule has 1 aromatic carbocycles. The molecule has 1 aromatic heterocycles. The lowest BCUT2D eigenvalue weighted by atomic mass is 10.0. The van der Waals surface area contributed by atoms with Crippen molar-refractivity contribution in [2.45, 2.75) is 32.9 Å². The van der Waals surface area contributed by atoms with Gasteiger partial charge in [-0.15, -0.1) is 5.10 Å². The van der Waals surface area contributed by atoms with Crippen LogP contribution in [0.1, 0.15) is 36.8 Å². The van der Waals surface area contributed by atoms with Crippen molar-refractivity contribution in [3.63, 3.8) is 0 Å². The second kappa shape index (κ2) is 8.46. The average Bonchev–Trinajstić information content (AvgIpc) is 2.95. The SMILES string of the molecule is CC(=O)SCCn1cc(C(C)(C)NC(=O)c2cc(Br)cc(Br)c2)nn1. The van der Waals surface area contributed by atoms with Crippen molar-refractivity contribution < 1.29 is 9.59 Å². The fourth-order valence-electron chi connectivity index (χ4n) is 2.08. The molecule has 2 rings (SSSR count). The van der Waals surface area contributed by atoms with Crippen molar-refractivity contribution in [2.24, 2.45) is 0 Å². The highest BCUT2D eigenvalue weighted by molar-refractivity contribution is 9.11. The first-order chi connectivity index (χ1) is 11.7. The monoisotopic (exact) mass is 488 g/mol. The van der Waals surface area contributed by atoms with Gasteiger partial charge in [0, 0.05) is 27.2 Å². The summed E-state index contributed by atoms with van der Waals surface area (Å²) in [5.74, 6) is 0.436. The minimum atomic E-state index is -0.683. The third-order valence-corrected chi connectivity index (χ3v) is 5.06. The highest BCUT2D eigenvalue weighted by Crippen LogP contribution is 2.22. The summed E-state index contributed by atoms with van der Waals surface area (Å²) < 4.78 is 3.31. The lowest BCUT2D eigenvalue weighted by Crippen LogP contribution is -2.41. The van der Waals surface area contributed by atoms with E-state index in [1.807, 2.05) is 19.9 Å². The summed E-state index contributed by atoms with van der Waals surface area (Å²) in [6.45, 7) is 5.86. The third-order valence-electron chi connectivity index (χ3n) is 3.36. The third kappa shape index (κ3) is 5.93. The topological polar surface area (TPSA) is 76.9 Å². The van der Waals surface area contributed by atoms with Crippen molar-refractivity contribution in [2.75, 3.05) is 5.75 Å². The number of halogens is 2. The van der Waals surface area contributed by atoms with Crippen molar-refractivity contribution in [1.29, 1.82) is 0 Å². The van der Waals surface area contributed by atoms with E-state index in [9.17, 15) is 9.59 Å². The Labute approximate surface area is 167 Å². The van der Waals surface area contributed by atoms with Gasteiger partial charge in [0.1, 0.15) is 5.69 Å². The van der Waals surface area contributed by atoms with Crippen LogP contribution in [0.3, 0.4) is 0 Å². The maximum absolute atomic E-state index is 12.5. The van der Waals surface area contributed by atoms with E-state index in [4.69, 9.17) is 0 Å². The van der Waals surface area contributed by atoms with Gasteiger partial charge in [-0.1, -0.05) is 48.8 Å². The Morgan fingerprint density at radius 3 is 2.48 bits per heavy atom. The number of amides is 1. The number of hydrogen-bond donors (Lipinski definition) is 1. The molecule has 134 valence electrons. The van der Waals surface area contributed by atoms with Crippen LogP contribution in [0.25, 0.3) is 0 Å². The van der Waals surface area contributed by atoms with E-state index in [2.05, 4.69) is 47.5 Å². The van der Waals surface area contributed by atoms with E-state index < -0.39 is 5.54 Å². The largest absolute Gasteiger partial charge is 0.341 e. The normalized spacial score (nSPS) is 11.4. The van der Waals surface area contributed by atoms with Gasteiger partial charge >= 0.3 is 0 Å². The molecule has 0 atom stereocenters. The summed E-state index contributed by atoms with van der Waals surface area (Å²) in [6, 6.07) is 5.38. The number of hydrogen-bond acceptors (Lipinski definition) is 5. The molecule has 9 heteroatoms. The predicted molar refractivity (Wildman–Crippen MR) is 105 cm³/mol. The minimum Gasteiger partial charge on any atom is -0.341 e. The molecule has 0 aliphatic heterocycles. The van der Waals surface area contributed by atoms with Gasteiger partial charge in [-0.3, -0.25) is 14.3 Å². The van der Waals surface area contributed by atoms with Crippen LogP contribution in [0.15, 0.2) is 33.3 Å². The predicted octanol–water partition coefficient (Wildman–Crippen LogP) is 3.75. The highest BCUT2D eigenvalue weighted by atomic mass is 79.9. The molecule has 2 aromatic rings. The summed E-state index contributed by atoms with van der Waals surface area (Å²) in [7, 11) is 0. The second-order valence-corrected chi connectivity index (χ2v) is 9.05. The smallest absolute Gasteiger partial charge is 0.252 e. The van der Waals surface area contributed by atoms with Crippen LogP contribution in [-0.4, -0.2) is 31.8 Å². The molecular formula is C16H18Br2N4O2S. The molecule has 0 saturated carbocycles. The Morgan fingerprint density at radius 1 is 1.24 bits per heavy atom. The Balaban J connectivity index is 2.06. The summed E-state index contributed by atoms with van der Waals surface area (Å²) in [5, 5.41) is 11.3. The fraction of sp³-hybridized carbons (Fsp3) is 0.375. The first-order valence-corrected chi connectivity index (χ1v) is 10.1. The quantitative estimate of drug-likeness (QED) is 0.668. The van der Waals surface area contributed by atoms with Crippen molar-refractivity contribution in [3.05, 3.63) is 44.6 Å². The Morgan fingerprint density at radius 2 is 1.88 bits per heavy atom. The lowest BCUT2D eigenvalue weighted by molar-refractivity contribution is -0.109. The molecule has 0 fully saturated rings. The molecule has 0 spiro atoms. The molecule has 0 aliphatic carbocycles. The molecule has 25 heavy (non-hydrogen) atoms. The van der Waals surface area contributed by atoms with Crippen LogP contribution in [0.2, 0.25) is 0 Å². The zero-order valence-electron chi connectivity index (χ0n) is 14.0. The number of carbonyl (C=O) groups is 2. The van der Waals surface area contributed by atoms with Crippen molar-refractivity contribution in [1.82, 2.24) is 20.3 Å². The number of nitrogens with zero attached hydrogens (tertiary/aromatic N) is 3. The second-order valence-electron chi connectivity index (χ2n) is 5.94. The molecule has 0 bridgehead atoms. The molecule has 6 nitrogen and oxygen atoms in total. The van der Waals surface area contributed by atoms with E-state index >= 15 is 0 Å². The van der Waals surface area contributed by atoms with Crippen LogP contribution < -0.4 is 5.32 Å². The molecule has 0 saturated heterocycles.